The summed E-state index contributed by atoms with van der Waals surface area (Å²) >= 11 is 0. The van der Waals surface area contributed by atoms with Gasteiger partial charge in [0.25, 0.3) is 0 Å². The summed E-state index contributed by atoms with van der Waals surface area (Å²) in [7, 11) is -9.89. The van der Waals surface area contributed by atoms with Crippen molar-refractivity contribution in [2.45, 2.75) is 386 Å². The van der Waals surface area contributed by atoms with Gasteiger partial charge in [0.2, 0.25) is 0 Å². The van der Waals surface area contributed by atoms with Crippen molar-refractivity contribution in [3.63, 3.8) is 0 Å². The van der Waals surface area contributed by atoms with Crippen LogP contribution in [0.5, 0.6) is 0 Å². The molecule has 3 N–H and O–H groups in total. The Labute approximate surface area is 543 Å². The Hall–Kier alpha value is -1.94. The zero-order valence-electron chi connectivity index (χ0n) is 57.4. The highest BCUT2D eigenvalue weighted by Gasteiger charge is 2.30. The lowest BCUT2D eigenvalue weighted by molar-refractivity contribution is -0.161. The Kier molecular flexibility index (Phi) is 63.3. The molecule has 0 radical (unpaired) electrons. The Morgan fingerprint density at radius 3 is 0.663 bits per heavy atom. The van der Waals surface area contributed by atoms with Gasteiger partial charge in [-0.3, -0.25) is 37.3 Å². The molecule has 89 heavy (non-hydrogen) atoms. The Morgan fingerprint density at radius 1 is 0.270 bits per heavy atom. The third kappa shape index (κ3) is 64.6. The Morgan fingerprint density at radius 2 is 0.449 bits per heavy atom. The fourth-order valence-corrected chi connectivity index (χ4v) is 12.3. The molecule has 0 amide bonds. The van der Waals surface area contributed by atoms with E-state index < -0.39 is 97.5 Å². The maximum atomic E-state index is 13.0. The molecule has 0 aromatic rings. The number of hydrogen-bond donors (Lipinski definition) is 3. The molecule has 17 nitrogen and oxygen atoms in total. The van der Waals surface area contributed by atoms with Gasteiger partial charge in [0.15, 0.2) is 12.2 Å². The number of aliphatic hydroxyl groups excluding tert-OH is 1. The standard InChI is InChI=1S/C70H136O17P2/c1-5-9-13-17-21-24-27-30-32-33-35-38-41-45-49-53-57-70(75)87-66(61-81-68(73)55-51-47-43-39-37-34-31-28-25-22-18-14-10-6-2)63-85-89(78,79)83-59-64(71)58-82-88(76,77)84-62-65(60-80-67(72)54-50-46-42-20-16-12-8-4)86-69(74)56-52-48-44-40-36-29-26-23-19-15-11-7-3/h64-66,71H,5-63H2,1-4H3,(H,76,77)(H,78,79)/t64-,65+,66+/m0/s1. The van der Waals surface area contributed by atoms with E-state index in [2.05, 4.69) is 27.7 Å². The van der Waals surface area contributed by atoms with Crippen molar-refractivity contribution >= 4 is 39.5 Å². The van der Waals surface area contributed by atoms with Crippen LogP contribution in [0.4, 0.5) is 0 Å². The van der Waals surface area contributed by atoms with Crippen LogP contribution in [0.1, 0.15) is 368 Å². The van der Waals surface area contributed by atoms with E-state index in [-0.39, 0.29) is 25.7 Å². The number of carbonyl (C=O) groups excluding carboxylic acids is 4. The minimum Gasteiger partial charge on any atom is -0.462 e. The lowest BCUT2D eigenvalue weighted by Gasteiger charge is -2.21. The molecule has 0 fully saturated rings. The molecule has 0 aromatic heterocycles. The van der Waals surface area contributed by atoms with Gasteiger partial charge in [-0.25, -0.2) is 9.13 Å². The first-order chi connectivity index (χ1) is 43.2. The molecule has 528 valence electrons. The van der Waals surface area contributed by atoms with Crippen molar-refractivity contribution < 1.29 is 80.2 Å². The average molecular weight is 1310 g/mol. The Bertz CT molecular complexity index is 1710. The monoisotopic (exact) mass is 1310 g/mol. The maximum Gasteiger partial charge on any atom is 0.472 e. The van der Waals surface area contributed by atoms with Crippen LogP contribution in [0.2, 0.25) is 0 Å². The maximum absolute atomic E-state index is 13.0. The first-order valence-corrected chi connectivity index (χ1v) is 39.8. The van der Waals surface area contributed by atoms with Crippen molar-refractivity contribution in [2.24, 2.45) is 0 Å². The Balaban J connectivity index is 5.20. The van der Waals surface area contributed by atoms with Gasteiger partial charge < -0.3 is 33.8 Å². The molecule has 0 spiro atoms. The zero-order valence-corrected chi connectivity index (χ0v) is 59.2. The zero-order chi connectivity index (χ0) is 65.4. The number of hydrogen-bond acceptors (Lipinski definition) is 15. The van der Waals surface area contributed by atoms with Gasteiger partial charge in [0.1, 0.15) is 19.3 Å². The highest BCUT2D eigenvalue weighted by molar-refractivity contribution is 7.47. The van der Waals surface area contributed by atoms with Crippen molar-refractivity contribution in [1.82, 2.24) is 0 Å². The van der Waals surface area contributed by atoms with E-state index in [1.807, 2.05) is 0 Å². The fourth-order valence-electron chi connectivity index (χ4n) is 10.7. The molecule has 19 heteroatoms. The van der Waals surface area contributed by atoms with Gasteiger partial charge in [-0.2, -0.15) is 0 Å². The number of carbonyl (C=O) groups is 4. The second-order valence-electron chi connectivity index (χ2n) is 25.3. The molecule has 0 saturated carbocycles. The molecule has 0 saturated heterocycles. The second-order valence-corrected chi connectivity index (χ2v) is 28.2. The van der Waals surface area contributed by atoms with Crippen molar-refractivity contribution in [3.05, 3.63) is 0 Å². The lowest BCUT2D eigenvalue weighted by atomic mass is 10.0. The predicted octanol–water partition coefficient (Wildman–Crippen LogP) is 20.3. The van der Waals surface area contributed by atoms with Crippen LogP contribution < -0.4 is 0 Å². The van der Waals surface area contributed by atoms with Gasteiger partial charge in [0, 0.05) is 25.7 Å². The molecular formula is C70H136O17P2. The summed E-state index contributed by atoms with van der Waals surface area (Å²) in [5.74, 6) is -2.12. The summed E-state index contributed by atoms with van der Waals surface area (Å²) in [5.41, 5.74) is 0. The molecular weight excluding hydrogens is 1170 g/mol. The lowest BCUT2D eigenvalue weighted by Crippen LogP contribution is -2.30. The van der Waals surface area contributed by atoms with Gasteiger partial charge in [-0.05, 0) is 25.7 Å². The van der Waals surface area contributed by atoms with Crippen LogP contribution in [0.3, 0.4) is 0 Å². The third-order valence-electron chi connectivity index (χ3n) is 16.4. The smallest absolute Gasteiger partial charge is 0.462 e. The molecule has 2 unspecified atom stereocenters. The van der Waals surface area contributed by atoms with Crippen LogP contribution in [-0.2, 0) is 65.4 Å². The first kappa shape index (κ1) is 87.1. The fraction of sp³-hybridized carbons (Fsp3) is 0.943. The van der Waals surface area contributed by atoms with Crippen molar-refractivity contribution in [3.8, 4) is 0 Å². The number of aliphatic hydroxyl groups is 1. The molecule has 0 aromatic carbocycles. The molecule has 0 rings (SSSR count). The quantitative estimate of drug-likeness (QED) is 0.0222. The summed E-state index contributed by atoms with van der Waals surface area (Å²) < 4.78 is 68.2. The molecule has 0 heterocycles. The summed E-state index contributed by atoms with van der Waals surface area (Å²) in [5, 5.41) is 10.6. The van der Waals surface area contributed by atoms with Gasteiger partial charge in [-0.1, -0.05) is 317 Å². The number of ether oxygens (including phenoxy) is 4. The minimum absolute atomic E-state index is 0.107. The van der Waals surface area contributed by atoms with Crippen LogP contribution in [-0.4, -0.2) is 96.7 Å². The highest BCUT2D eigenvalue weighted by atomic mass is 31.2. The predicted molar refractivity (Wildman–Crippen MR) is 359 cm³/mol. The molecule has 0 bridgehead atoms. The van der Waals surface area contributed by atoms with E-state index in [1.165, 1.54) is 186 Å². The van der Waals surface area contributed by atoms with E-state index in [0.29, 0.717) is 25.7 Å². The summed E-state index contributed by atoms with van der Waals surface area (Å²) in [6, 6.07) is 0. The van der Waals surface area contributed by atoms with Gasteiger partial charge >= 0.3 is 39.5 Å². The van der Waals surface area contributed by atoms with E-state index >= 15 is 0 Å². The molecule has 0 aliphatic heterocycles. The normalized spacial score (nSPS) is 14.0. The highest BCUT2D eigenvalue weighted by Crippen LogP contribution is 2.45. The number of phosphoric acid groups is 2. The SMILES string of the molecule is CCCCCCCCCCCCCCCCCCC(=O)O[C@H](COC(=O)CCCCCCCCCCCCCCCC)COP(=O)(O)OC[C@@H](O)COP(=O)(O)OC[C@@H](COC(=O)CCCCCCCCC)OC(=O)CCCCCCCCCCCCCC. The van der Waals surface area contributed by atoms with Crippen LogP contribution in [0.25, 0.3) is 0 Å². The second kappa shape index (κ2) is 64.8. The summed E-state index contributed by atoms with van der Waals surface area (Å²) in [4.78, 5) is 72.4. The van der Waals surface area contributed by atoms with Crippen LogP contribution in [0, 0.1) is 0 Å². The third-order valence-corrected chi connectivity index (χ3v) is 18.3. The minimum atomic E-state index is -4.95. The number of esters is 4. The number of phosphoric ester groups is 2. The largest absolute Gasteiger partial charge is 0.472 e. The van der Waals surface area contributed by atoms with E-state index in [1.54, 1.807) is 0 Å². The van der Waals surface area contributed by atoms with Crippen LogP contribution in [0.15, 0.2) is 0 Å². The summed E-state index contributed by atoms with van der Waals surface area (Å²) in [6.45, 7) is 4.91. The van der Waals surface area contributed by atoms with E-state index in [0.717, 1.165) is 103 Å². The van der Waals surface area contributed by atoms with E-state index in [4.69, 9.17) is 37.0 Å². The van der Waals surface area contributed by atoms with Crippen molar-refractivity contribution in [1.29, 1.82) is 0 Å². The number of rotatable bonds is 71. The van der Waals surface area contributed by atoms with Crippen LogP contribution >= 0.6 is 15.6 Å². The van der Waals surface area contributed by atoms with Gasteiger partial charge in [-0.15, -0.1) is 0 Å². The average Bonchev–Trinajstić information content (AvgIpc) is 3.66. The topological polar surface area (TPSA) is 237 Å². The summed E-state index contributed by atoms with van der Waals surface area (Å²) in [6.07, 6.45) is 52.7. The molecule has 0 aliphatic rings. The number of unbranched alkanes of at least 4 members (excludes halogenated alkanes) is 45. The van der Waals surface area contributed by atoms with Gasteiger partial charge in [0.05, 0.1) is 26.4 Å². The molecule has 5 atom stereocenters. The van der Waals surface area contributed by atoms with Crippen molar-refractivity contribution in [2.75, 3.05) is 39.6 Å². The first-order valence-electron chi connectivity index (χ1n) is 36.8. The van der Waals surface area contributed by atoms with E-state index in [9.17, 15) is 43.2 Å². The molecule has 0 aliphatic carbocycles.